The summed E-state index contributed by atoms with van der Waals surface area (Å²) in [6.07, 6.45) is 0.363. The van der Waals surface area contributed by atoms with Crippen LogP contribution in [0.3, 0.4) is 0 Å². The Morgan fingerprint density at radius 1 is 1.14 bits per heavy atom. The third-order valence-electron chi connectivity index (χ3n) is 4.29. The highest BCUT2D eigenvalue weighted by Crippen LogP contribution is 2.23. The molecule has 9 heteroatoms. The Morgan fingerprint density at radius 2 is 1.83 bits per heavy atom. The van der Waals surface area contributed by atoms with Crippen molar-refractivity contribution in [3.8, 4) is 0 Å². The maximum absolute atomic E-state index is 12.3. The number of carbonyl (C=O) groups is 3. The lowest BCUT2D eigenvalue weighted by Gasteiger charge is -2.21. The van der Waals surface area contributed by atoms with Crippen LogP contribution in [0, 0.1) is 16.0 Å². The van der Waals surface area contributed by atoms with E-state index in [1.807, 2.05) is 6.07 Å². The van der Waals surface area contributed by atoms with E-state index in [9.17, 15) is 24.5 Å². The molecule has 2 rings (SSSR count). The molecule has 9 nitrogen and oxygen atoms in total. The van der Waals surface area contributed by atoms with Gasteiger partial charge in [-0.15, -0.1) is 0 Å². The van der Waals surface area contributed by atoms with Crippen LogP contribution >= 0.6 is 0 Å². The quantitative estimate of drug-likeness (QED) is 0.300. The van der Waals surface area contributed by atoms with E-state index in [2.05, 4.69) is 5.32 Å². The smallest absolute Gasteiger partial charge is 0.333 e. The minimum Gasteiger partial charge on any atom is -0.392 e. The zero-order chi connectivity index (χ0) is 21.4. The predicted molar refractivity (Wildman–Crippen MR) is 104 cm³/mol. The number of hydrogen-bond acceptors (Lipinski definition) is 7. The summed E-state index contributed by atoms with van der Waals surface area (Å²) in [5, 5.41) is 13.0. The van der Waals surface area contributed by atoms with Crippen LogP contribution in [0.15, 0.2) is 54.6 Å². The van der Waals surface area contributed by atoms with Gasteiger partial charge in [0.25, 0.3) is 11.6 Å². The Kier molecular flexibility index (Phi) is 7.55. The molecule has 152 valence electrons. The molecule has 0 spiro atoms. The summed E-state index contributed by atoms with van der Waals surface area (Å²) in [6, 6.07) is 13.4. The fraction of sp³-hybridized carbons (Fsp3) is 0.250. The van der Waals surface area contributed by atoms with Gasteiger partial charge in [0.05, 0.1) is 10.8 Å². The second kappa shape index (κ2) is 10.1. The van der Waals surface area contributed by atoms with Gasteiger partial charge in [-0.2, -0.15) is 0 Å². The van der Waals surface area contributed by atoms with E-state index in [4.69, 9.17) is 10.5 Å². The van der Waals surface area contributed by atoms with Crippen molar-refractivity contribution in [2.45, 2.75) is 19.4 Å². The van der Waals surface area contributed by atoms with Crippen molar-refractivity contribution in [1.82, 2.24) is 5.32 Å². The van der Waals surface area contributed by atoms with Crippen LogP contribution in [0.2, 0.25) is 0 Å². The average molecular weight is 399 g/mol. The topological polar surface area (TPSA) is 142 Å². The zero-order valence-corrected chi connectivity index (χ0v) is 15.7. The number of carbonyl (C=O) groups excluding carboxylic acids is 3. The van der Waals surface area contributed by atoms with Crippen LogP contribution in [0.5, 0.6) is 0 Å². The van der Waals surface area contributed by atoms with Crippen LogP contribution in [0.1, 0.15) is 35.3 Å². The van der Waals surface area contributed by atoms with Gasteiger partial charge in [0.2, 0.25) is 0 Å². The minimum absolute atomic E-state index is 0.0101. The number of hydrogen-bond donors (Lipinski definition) is 2. The van der Waals surface area contributed by atoms with Crippen LogP contribution < -0.4 is 11.1 Å². The molecule has 0 aliphatic rings. The number of nitrogens with two attached hydrogens (primary N) is 1. The first-order valence-corrected chi connectivity index (χ1v) is 8.91. The molecule has 2 aromatic carbocycles. The molecule has 29 heavy (non-hydrogen) atoms. The van der Waals surface area contributed by atoms with Crippen LogP contribution in [-0.2, 0) is 14.3 Å². The third kappa shape index (κ3) is 5.94. The second-order valence-corrected chi connectivity index (χ2v) is 6.23. The maximum Gasteiger partial charge on any atom is 0.333 e. The number of nitrogens with zero attached hydrogens (tertiary/aromatic N) is 1. The molecule has 0 saturated carbocycles. The standard InChI is InChI=1S/C20H21N3O6/c1-2-16(18(21)13-7-4-3-5-8-13)20(26)29-17(24)12-22-19(25)14-9-6-10-15(11-14)23(27)28/h3-11,16,18H,2,12,21H2,1H3,(H,22,25). The van der Waals surface area contributed by atoms with Crippen molar-refractivity contribution in [2.24, 2.45) is 11.7 Å². The molecule has 1 amide bonds. The second-order valence-electron chi connectivity index (χ2n) is 6.23. The number of benzene rings is 2. The number of nitrogens with one attached hydrogen (secondary N) is 1. The average Bonchev–Trinajstić information content (AvgIpc) is 2.73. The first-order valence-electron chi connectivity index (χ1n) is 8.91. The molecule has 0 aliphatic carbocycles. The Bertz CT molecular complexity index is 900. The van der Waals surface area contributed by atoms with E-state index in [1.165, 1.54) is 18.2 Å². The van der Waals surface area contributed by atoms with Crippen molar-refractivity contribution in [1.29, 1.82) is 0 Å². The molecule has 0 saturated heterocycles. The number of nitro benzene ring substituents is 1. The maximum atomic E-state index is 12.3. The molecule has 2 atom stereocenters. The number of nitro groups is 1. The predicted octanol–water partition coefficient (Wildman–Crippen LogP) is 2.12. The largest absolute Gasteiger partial charge is 0.392 e. The molecule has 0 radical (unpaired) electrons. The summed E-state index contributed by atoms with van der Waals surface area (Å²) in [6.45, 7) is 1.19. The van der Waals surface area contributed by atoms with Crippen molar-refractivity contribution in [2.75, 3.05) is 6.54 Å². The fourth-order valence-corrected chi connectivity index (χ4v) is 2.71. The molecular formula is C20H21N3O6. The summed E-state index contributed by atoms with van der Waals surface area (Å²) in [4.78, 5) is 46.4. The van der Waals surface area contributed by atoms with Crippen molar-refractivity contribution in [3.05, 3.63) is 75.8 Å². The van der Waals surface area contributed by atoms with Crippen LogP contribution in [0.25, 0.3) is 0 Å². The lowest BCUT2D eigenvalue weighted by molar-refractivity contribution is -0.384. The molecule has 0 aliphatic heterocycles. The van der Waals surface area contributed by atoms with E-state index < -0.39 is 41.3 Å². The Balaban J connectivity index is 1.92. The summed E-state index contributed by atoms with van der Waals surface area (Å²) in [5.41, 5.74) is 6.62. The van der Waals surface area contributed by atoms with E-state index in [0.29, 0.717) is 6.42 Å². The van der Waals surface area contributed by atoms with Gasteiger partial charge in [0.15, 0.2) is 0 Å². The molecule has 0 heterocycles. The molecule has 0 aromatic heterocycles. The highest BCUT2D eigenvalue weighted by molar-refractivity contribution is 5.97. The van der Waals surface area contributed by atoms with Crippen LogP contribution in [-0.4, -0.2) is 29.3 Å². The highest BCUT2D eigenvalue weighted by Gasteiger charge is 2.28. The van der Waals surface area contributed by atoms with Crippen LogP contribution in [0.4, 0.5) is 5.69 Å². The number of non-ortho nitro benzene ring substituents is 1. The highest BCUT2D eigenvalue weighted by atomic mass is 16.6. The molecule has 3 N–H and O–H groups in total. The van der Waals surface area contributed by atoms with Gasteiger partial charge in [0.1, 0.15) is 6.54 Å². The zero-order valence-electron chi connectivity index (χ0n) is 15.7. The monoisotopic (exact) mass is 399 g/mol. The van der Waals surface area contributed by atoms with Gasteiger partial charge in [-0.05, 0) is 18.1 Å². The van der Waals surface area contributed by atoms with Gasteiger partial charge in [0, 0.05) is 23.7 Å². The van der Waals surface area contributed by atoms with Crippen molar-refractivity contribution < 1.29 is 24.0 Å². The van der Waals surface area contributed by atoms with Crippen molar-refractivity contribution >= 4 is 23.5 Å². The number of ether oxygens (including phenoxy) is 1. The lowest BCUT2D eigenvalue weighted by Crippen LogP contribution is -2.35. The normalized spacial score (nSPS) is 12.5. The number of amides is 1. The Labute approximate surface area is 167 Å². The van der Waals surface area contributed by atoms with E-state index in [0.717, 1.165) is 11.6 Å². The third-order valence-corrected chi connectivity index (χ3v) is 4.29. The SMILES string of the molecule is CCC(C(=O)OC(=O)CNC(=O)c1cccc([N+](=O)[O-])c1)C(N)c1ccccc1. The summed E-state index contributed by atoms with van der Waals surface area (Å²) >= 11 is 0. The Hall–Kier alpha value is -3.59. The van der Waals surface area contributed by atoms with Gasteiger partial charge >= 0.3 is 11.9 Å². The molecule has 2 aromatic rings. The molecule has 0 bridgehead atoms. The summed E-state index contributed by atoms with van der Waals surface area (Å²) in [7, 11) is 0. The van der Waals surface area contributed by atoms with Gasteiger partial charge < -0.3 is 15.8 Å². The van der Waals surface area contributed by atoms with E-state index in [1.54, 1.807) is 31.2 Å². The lowest BCUT2D eigenvalue weighted by atomic mass is 9.92. The molecule has 0 fully saturated rings. The minimum atomic E-state index is -0.951. The number of esters is 2. The summed E-state index contributed by atoms with van der Waals surface area (Å²) in [5.74, 6) is -3.16. The van der Waals surface area contributed by atoms with E-state index in [-0.39, 0.29) is 11.3 Å². The first-order chi connectivity index (χ1) is 13.8. The summed E-state index contributed by atoms with van der Waals surface area (Å²) < 4.78 is 4.81. The van der Waals surface area contributed by atoms with Gasteiger partial charge in [-0.1, -0.05) is 43.3 Å². The van der Waals surface area contributed by atoms with Gasteiger partial charge in [-0.3, -0.25) is 19.7 Å². The molecule has 2 unspecified atom stereocenters. The molecular weight excluding hydrogens is 378 g/mol. The van der Waals surface area contributed by atoms with Crippen molar-refractivity contribution in [3.63, 3.8) is 0 Å². The first kappa shape index (κ1) is 21.7. The van der Waals surface area contributed by atoms with E-state index >= 15 is 0 Å². The Morgan fingerprint density at radius 3 is 2.45 bits per heavy atom. The van der Waals surface area contributed by atoms with Gasteiger partial charge in [-0.25, -0.2) is 4.79 Å². The number of rotatable bonds is 8. The fourth-order valence-electron chi connectivity index (χ4n) is 2.71.